The molecule has 0 bridgehead atoms. The van der Waals surface area contributed by atoms with Crippen LogP contribution >= 0.6 is 23.1 Å². The lowest BCUT2D eigenvalue weighted by molar-refractivity contribution is 0.0472. The van der Waals surface area contributed by atoms with Crippen LogP contribution in [0.15, 0.2) is 16.3 Å². The average molecular weight is 797 g/mol. The van der Waals surface area contributed by atoms with Gasteiger partial charge in [0.05, 0.1) is 24.2 Å². The van der Waals surface area contributed by atoms with Crippen LogP contribution in [0.2, 0.25) is 0 Å². The minimum absolute atomic E-state index is 0.209. The lowest BCUT2D eigenvalue weighted by Gasteiger charge is -2.44. The topological polar surface area (TPSA) is 85.9 Å². The van der Waals surface area contributed by atoms with Gasteiger partial charge in [0.25, 0.3) is 5.91 Å². The molecular weight excluding hydrogens is 729 g/mol. The summed E-state index contributed by atoms with van der Waals surface area (Å²) < 4.78 is 0. The molecule has 6 aliphatic heterocycles. The van der Waals surface area contributed by atoms with E-state index in [0.29, 0.717) is 48.3 Å². The number of hydrogen-bond acceptors (Lipinski definition) is 8. The standard InChI is InChI=1S/C24H36N4O2S2.C18H32N4O/c1-25-19-5-3-4-6-20(19)28(24(25)30)18-9-12-26(13-10-18)17-7-14-27(15-8-17)23(29)22-21(31-2)11-16-32-22;1-20-16-4-2-3-5-17(16)22(18(20)23)15-8-12-21(13-9-15)14-6-10-19-11-7-14/h11,16-20H,3-10,12-15H2,1-2H3;14-17,19H,2-13H2,1H3/t19-,20-;16-,17-/m00/s1. The predicted molar refractivity (Wildman–Crippen MR) is 222 cm³/mol. The molecule has 0 radical (unpaired) electrons. The van der Waals surface area contributed by atoms with Gasteiger partial charge in [-0.3, -0.25) is 4.79 Å². The summed E-state index contributed by atoms with van der Waals surface area (Å²) in [6.07, 6.45) is 21.2. The minimum atomic E-state index is 0.209. The zero-order valence-electron chi connectivity index (χ0n) is 33.9. The summed E-state index contributed by atoms with van der Waals surface area (Å²) in [5.41, 5.74) is 0. The molecule has 13 heteroatoms. The second kappa shape index (κ2) is 17.8. The van der Waals surface area contributed by atoms with Crippen molar-refractivity contribution in [3.05, 3.63) is 16.3 Å². The molecule has 7 heterocycles. The van der Waals surface area contributed by atoms with E-state index in [2.05, 4.69) is 35.9 Å². The van der Waals surface area contributed by atoms with Crippen molar-refractivity contribution in [2.75, 3.05) is 72.7 Å². The van der Waals surface area contributed by atoms with E-state index < -0.39 is 0 Å². The highest BCUT2D eigenvalue weighted by molar-refractivity contribution is 7.98. The number of nitrogens with one attached hydrogen (secondary N) is 1. The molecular formula is C42H68N8O3S2. The number of piperidine rings is 4. The number of hydrogen-bond donors (Lipinski definition) is 1. The fourth-order valence-corrected chi connectivity index (χ4v) is 13.7. The highest BCUT2D eigenvalue weighted by atomic mass is 32.2. The fraction of sp³-hybridized carbons (Fsp3) is 0.833. The number of fused-ring (bicyclic) bond motifs is 2. The maximum absolute atomic E-state index is 13.0. The summed E-state index contributed by atoms with van der Waals surface area (Å²) in [5, 5.41) is 5.49. The van der Waals surface area contributed by atoms with Gasteiger partial charge in [0, 0.05) is 82.4 Å². The molecule has 0 unspecified atom stereocenters. The molecule has 5 amide bonds. The van der Waals surface area contributed by atoms with Crippen LogP contribution in [0.4, 0.5) is 9.59 Å². The van der Waals surface area contributed by atoms with Gasteiger partial charge in [-0.05, 0) is 108 Å². The number of thioether (sulfide) groups is 1. The molecule has 6 saturated heterocycles. The molecule has 0 aromatic carbocycles. The number of nitrogens with zero attached hydrogens (tertiary/aromatic N) is 7. The van der Waals surface area contributed by atoms with E-state index in [1.807, 2.05) is 35.5 Å². The number of thiophene rings is 1. The van der Waals surface area contributed by atoms with Crippen molar-refractivity contribution in [2.45, 2.75) is 156 Å². The van der Waals surface area contributed by atoms with E-state index in [4.69, 9.17) is 0 Å². The molecule has 2 aliphatic carbocycles. The van der Waals surface area contributed by atoms with Crippen molar-refractivity contribution in [1.29, 1.82) is 0 Å². The molecule has 9 rings (SSSR count). The van der Waals surface area contributed by atoms with E-state index in [1.54, 1.807) is 23.1 Å². The molecule has 2 saturated carbocycles. The number of amides is 5. The van der Waals surface area contributed by atoms with E-state index >= 15 is 0 Å². The van der Waals surface area contributed by atoms with E-state index in [-0.39, 0.29) is 11.9 Å². The largest absolute Gasteiger partial charge is 0.338 e. The molecule has 55 heavy (non-hydrogen) atoms. The van der Waals surface area contributed by atoms with Gasteiger partial charge in [-0.1, -0.05) is 25.7 Å². The van der Waals surface area contributed by atoms with E-state index in [1.165, 1.54) is 103 Å². The predicted octanol–water partition coefficient (Wildman–Crippen LogP) is 6.10. The Hall–Kier alpha value is -2.06. The summed E-state index contributed by atoms with van der Waals surface area (Å²) in [7, 11) is 4.03. The maximum Gasteiger partial charge on any atom is 0.320 e. The Labute approximate surface area is 338 Å². The van der Waals surface area contributed by atoms with Crippen molar-refractivity contribution >= 4 is 41.1 Å². The first kappa shape index (κ1) is 39.8. The number of urea groups is 2. The Balaban J connectivity index is 0.000000164. The van der Waals surface area contributed by atoms with Crippen molar-refractivity contribution in [2.24, 2.45) is 0 Å². The zero-order chi connectivity index (χ0) is 38.1. The van der Waals surface area contributed by atoms with Crippen LogP contribution < -0.4 is 5.32 Å². The highest BCUT2D eigenvalue weighted by Gasteiger charge is 2.49. The molecule has 8 fully saturated rings. The first-order valence-electron chi connectivity index (χ1n) is 22.0. The van der Waals surface area contributed by atoms with Crippen LogP contribution in [0, 0.1) is 0 Å². The Bertz CT molecular complexity index is 1470. The van der Waals surface area contributed by atoms with Crippen molar-refractivity contribution in [3.63, 3.8) is 0 Å². The highest BCUT2D eigenvalue weighted by Crippen LogP contribution is 2.39. The van der Waals surface area contributed by atoms with Gasteiger partial charge in [0.2, 0.25) is 0 Å². The third kappa shape index (κ3) is 8.17. The average Bonchev–Trinajstić information content (AvgIpc) is 3.90. The van der Waals surface area contributed by atoms with Gasteiger partial charge in [0.1, 0.15) is 4.88 Å². The third-order valence-electron chi connectivity index (χ3n) is 15.1. The van der Waals surface area contributed by atoms with Gasteiger partial charge in [0.15, 0.2) is 0 Å². The van der Waals surface area contributed by atoms with Gasteiger partial charge >= 0.3 is 12.1 Å². The van der Waals surface area contributed by atoms with Gasteiger partial charge < -0.3 is 39.6 Å². The van der Waals surface area contributed by atoms with Crippen molar-refractivity contribution in [1.82, 2.24) is 39.6 Å². The Morgan fingerprint density at radius 1 is 0.618 bits per heavy atom. The third-order valence-corrected chi connectivity index (χ3v) is 16.9. The zero-order valence-corrected chi connectivity index (χ0v) is 35.5. The number of carbonyl (C=O) groups is 3. The van der Waals surface area contributed by atoms with Gasteiger partial charge in [-0.25, -0.2) is 9.59 Å². The second-order valence-electron chi connectivity index (χ2n) is 17.8. The Kier molecular flexibility index (Phi) is 12.9. The quantitative estimate of drug-likeness (QED) is 0.349. The Morgan fingerprint density at radius 3 is 1.53 bits per heavy atom. The fourth-order valence-electron chi connectivity index (χ4n) is 11.9. The molecule has 8 aliphatic rings. The normalized spacial score (nSPS) is 31.1. The number of likely N-dealkylation sites (N-methyl/N-ethyl adjacent to an activating group) is 2. The molecule has 306 valence electrons. The first-order valence-corrected chi connectivity index (χ1v) is 24.1. The lowest BCUT2D eigenvalue weighted by Crippen LogP contribution is -2.53. The maximum atomic E-state index is 13.0. The van der Waals surface area contributed by atoms with Gasteiger partial charge in [-0.15, -0.1) is 23.1 Å². The monoisotopic (exact) mass is 796 g/mol. The number of likely N-dealkylation sites (tertiary alicyclic amines) is 3. The minimum Gasteiger partial charge on any atom is -0.338 e. The van der Waals surface area contributed by atoms with Crippen LogP contribution in [-0.2, 0) is 0 Å². The lowest BCUT2D eigenvalue weighted by atomic mass is 9.88. The summed E-state index contributed by atoms with van der Waals surface area (Å²) in [6.45, 7) is 8.57. The molecule has 0 spiro atoms. The summed E-state index contributed by atoms with van der Waals surface area (Å²) >= 11 is 3.23. The van der Waals surface area contributed by atoms with E-state index in [9.17, 15) is 14.4 Å². The SMILES string of the molecule is CN1C(=O)N(C2CCN(C3CCNCC3)CC2)[C@H]2CCCC[C@@H]21.CSc1ccsc1C(=O)N1CCC(N2CCC(N3C(=O)N(C)[C@H]4CCCC[C@@H]43)CC2)CC1. The van der Waals surface area contributed by atoms with Crippen LogP contribution in [-0.4, -0.2) is 173 Å². The molecule has 11 nitrogen and oxygen atoms in total. The van der Waals surface area contributed by atoms with Gasteiger partial charge in [-0.2, -0.15) is 0 Å². The van der Waals surface area contributed by atoms with Crippen LogP contribution in [0.3, 0.4) is 0 Å². The Morgan fingerprint density at radius 2 is 1.05 bits per heavy atom. The smallest absolute Gasteiger partial charge is 0.320 e. The summed E-state index contributed by atoms with van der Waals surface area (Å²) in [6, 6.07) is 6.72. The second-order valence-corrected chi connectivity index (χ2v) is 19.6. The van der Waals surface area contributed by atoms with Crippen molar-refractivity contribution < 1.29 is 14.4 Å². The molecule has 1 aromatic heterocycles. The van der Waals surface area contributed by atoms with Crippen LogP contribution in [0.25, 0.3) is 0 Å². The van der Waals surface area contributed by atoms with E-state index in [0.717, 1.165) is 67.7 Å². The number of rotatable bonds is 6. The number of carbonyl (C=O) groups excluding carboxylic acids is 3. The summed E-state index contributed by atoms with van der Waals surface area (Å²) in [5.74, 6) is 0.209. The van der Waals surface area contributed by atoms with Crippen LogP contribution in [0.5, 0.6) is 0 Å². The summed E-state index contributed by atoms with van der Waals surface area (Å²) in [4.78, 5) is 56.8. The molecule has 1 N–H and O–H groups in total. The van der Waals surface area contributed by atoms with Crippen molar-refractivity contribution in [3.8, 4) is 0 Å². The van der Waals surface area contributed by atoms with Crippen LogP contribution in [0.1, 0.15) is 112 Å². The molecule has 1 aromatic rings. The first-order chi connectivity index (χ1) is 26.8. The molecule has 4 atom stereocenters.